The van der Waals surface area contributed by atoms with Crippen molar-refractivity contribution in [1.29, 1.82) is 0 Å². The molecule has 1 aromatic rings. The van der Waals surface area contributed by atoms with Gasteiger partial charge < -0.3 is 10.6 Å². The molecule has 0 radical (unpaired) electrons. The number of carbonyl (C=O) groups excluding carboxylic acids is 1. The van der Waals surface area contributed by atoms with Crippen molar-refractivity contribution in [3.8, 4) is 0 Å². The number of pyridine rings is 1. The third kappa shape index (κ3) is 1.97. The average Bonchev–Trinajstić information content (AvgIpc) is 2.60. The van der Waals surface area contributed by atoms with Crippen molar-refractivity contribution in [2.75, 3.05) is 18.0 Å². The molecule has 1 aromatic heterocycles. The predicted molar refractivity (Wildman–Crippen MR) is 53.7 cm³/mol. The molecule has 2 rings (SSSR count). The van der Waals surface area contributed by atoms with Gasteiger partial charge in [-0.2, -0.15) is 0 Å². The standard InChI is InChI=1S/C10H12FN3O/c11-8-2-9(5-13-4-8)14-6-7(3-12)1-10(14)15/h2,4-5,7H,1,3,6,12H2. The highest BCUT2D eigenvalue weighted by molar-refractivity contribution is 5.95. The van der Waals surface area contributed by atoms with Crippen LogP contribution in [0.4, 0.5) is 10.1 Å². The maximum atomic E-state index is 12.9. The molecule has 5 heteroatoms. The Bertz CT molecular complexity index is 383. The van der Waals surface area contributed by atoms with Crippen molar-refractivity contribution in [2.45, 2.75) is 6.42 Å². The van der Waals surface area contributed by atoms with E-state index in [0.29, 0.717) is 25.2 Å². The number of halogens is 1. The molecule has 0 bridgehead atoms. The molecule has 4 nitrogen and oxygen atoms in total. The van der Waals surface area contributed by atoms with Crippen LogP contribution in [0.3, 0.4) is 0 Å². The van der Waals surface area contributed by atoms with Crippen molar-refractivity contribution < 1.29 is 9.18 Å². The monoisotopic (exact) mass is 209 g/mol. The summed E-state index contributed by atoms with van der Waals surface area (Å²) in [6, 6.07) is 1.31. The van der Waals surface area contributed by atoms with Gasteiger partial charge in [0.1, 0.15) is 5.82 Å². The van der Waals surface area contributed by atoms with Gasteiger partial charge in [-0.25, -0.2) is 4.39 Å². The summed E-state index contributed by atoms with van der Waals surface area (Å²) >= 11 is 0. The van der Waals surface area contributed by atoms with Gasteiger partial charge in [0.25, 0.3) is 0 Å². The van der Waals surface area contributed by atoms with E-state index < -0.39 is 5.82 Å². The van der Waals surface area contributed by atoms with Gasteiger partial charge in [0.2, 0.25) is 5.91 Å². The molecule has 1 fully saturated rings. The molecular formula is C10H12FN3O. The van der Waals surface area contributed by atoms with Gasteiger partial charge in [-0.1, -0.05) is 0 Å². The van der Waals surface area contributed by atoms with Crippen LogP contribution in [0.25, 0.3) is 0 Å². The van der Waals surface area contributed by atoms with Crippen LogP contribution in [0.15, 0.2) is 18.5 Å². The Morgan fingerprint density at radius 3 is 3.00 bits per heavy atom. The van der Waals surface area contributed by atoms with E-state index in [4.69, 9.17) is 5.73 Å². The van der Waals surface area contributed by atoms with E-state index in [-0.39, 0.29) is 11.8 Å². The summed E-state index contributed by atoms with van der Waals surface area (Å²) in [7, 11) is 0. The Balaban J connectivity index is 2.21. The number of aromatic nitrogens is 1. The first kappa shape index (κ1) is 10.0. The highest BCUT2D eigenvalue weighted by Gasteiger charge is 2.29. The topological polar surface area (TPSA) is 59.2 Å². The van der Waals surface area contributed by atoms with Crippen LogP contribution in [-0.4, -0.2) is 24.0 Å². The normalized spacial score (nSPS) is 21.1. The van der Waals surface area contributed by atoms with Crippen LogP contribution in [0, 0.1) is 11.7 Å². The van der Waals surface area contributed by atoms with Crippen molar-refractivity contribution in [3.63, 3.8) is 0 Å². The fourth-order valence-electron chi connectivity index (χ4n) is 1.74. The molecule has 1 aliphatic rings. The number of rotatable bonds is 2. The Kier molecular flexibility index (Phi) is 2.64. The summed E-state index contributed by atoms with van der Waals surface area (Å²) in [6.45, 7) is 1.03. The van der Waals surface area contributed by atoms with Crippen LogP contribution in [0.5, 0.6) is 0 Å². The number of carbonyl (C=O) groups is 1. The second kappa shape index (κ2) is 3.94. The van der Waals surface area contributed by atoms with E-state index in [2.05, 4.69) is 4.98 Å². The zero-order valence-corrected chi connectivity index (χ0v) is 8.19. The second-order valence-electron chi connectivity index (χ2n) is 3.67. The lowest BCUT2D eigenvalue weighted by atomic mass is 10.1. The number of amides is 1. The van der Waals surface area contributed by atoms with E-state index in [9.17, 15) is 9.18 Å². The van der Waals surface area contributed by atoms with Crippen molar-refractivity contribution in [3.05, 3.63) is 24.3 Å². The van der Waals surface area contributed by atoms with E-state index in [1.54, 1.807) is 0 Å². The number of nitrogens with zero attached hydrogens (tertiary/aromatic N) is 2. The summed E-state index contributed by atoms with van der Waals surface area (Å²) in [5.41, 5.74) is 6.01. The third-order valence-corrected chi connectivity index (χ3v) is 2.54. The molecule has 0 aliphatic carbocycles. The average molecular weight is 209 g/mol. The highest BCUT2D eigenvalue weighted by atomic mass is 19.1. The fourth-order valence-corrected chi connectivity index (χ4v) is 1.74. The maximum absolute atomic E-state index is 12.9. The van der Waals surface area contributed by atoms with Gasteiger partial charge in [-0.3, -0.25) is 9.78 Å². The summed E-state index contributed by atoms with van der Waals surface area (Å²) in [5.74, 6) is -0.282. The summed E-state index contributed by atoms with van der Waals surface area (Å²) in [5, 5.41) is 0. The molecule has 1 saturated heterocycles. The summed E-state index contributed by atoms with van der Waals surface area (Å²) in [6.07, 6.45) is 3.04. The largest absolute Gasteiger partial charge is 0.330 e. The Morgan fingerprint density at radius 1 is 1.60 bits per heavy atom. The smallest absolute Gasteiger partial charge is 0.227 e. The maximum Gasteiger partial charge on any atom is 0.227 e. The Morgan fingerprint density at radius 2 is 2.40 bits per heavy atom. The minimum atomic E-state index is -0.434. The Hall–Kier alpha value is -1.49. The van der Waals surface area contributed by atoms with Crippen LogP contribution in [0.2, 0.25) is 0 Å². The number of hydrogen-bond acceptors (Lipinski definition) is 3. The van der Waals surface area contributed by atoms with Crippen LogP contribution >= 0.6 is 0 Å². The summed E-state index contributed by atoms with van der Waals surface area (Å²) in [4.78, 5) is 16.8. The van der Waals surface area contributed by atoms with E-state index >= 15 is 0 Å². The first-order chi connectivity index (χ1) is 7.20. The molecule has 0 saturated carbocycles. The minimum absolute atomic E-state index is 0.0159. The lowest BCUT2D eigenvalue weighted by Crippen LogP contribution is -2.25. The lowest BCUT2D eigenvalue weighted by molar-refractivity contribution is -0.117. The molecule has 0 spiro atoms. The predicted octanol–water partition coefficient (Wildman–Crippen LogP) is 0.532. The van der Waals surface area contributed by atoms with Gasteiger partial charge in [0.05, 0.1) is 18.1 Å². The highest BCUT2D eigenvalue weighted by Crippen LogP contribution is 2.23. The number of nitrogens with two attached hydrogens (primary N) is 1. The van der Waals surface area contributed by atoms with Crippen LogP contribution < -0.4 is 10.6 Å². The van der Waals surface area contributed by atoms with Gasteiger partial charge >= 0.3 is 0 Å². The minimum Gasteiger partial charge on any atom is -0.330 e. The molecule has 1 amide bonds. The van der Waals surface area contributed by atoms with Crippen molar-refractivity contribution >= 4 is 11.6 Å². The molecule has 1 aliphatic heterocycles. The Labute approximate surface area is 86.9 Å². The van der Waals surface area contributed by atoms with Gasteiger partial charge in [-0.05, 0) is 12.5 Å². The quantitative estimate of drug-likeness (QED) is 0.773. The van der Waals surface area contributed by atoms with Crippen LogP contribution in [-0.2, 0) is 4.79 Å². The van der Waals surface area contributed by atoms with Crippen molar-refractivity contribution in [2.24, 2.45) is 11.7 Å². The molecule has 80 valence electrons. The van der Waals surface area contributed by atoms with E-state index in [1.165, 1.54) is 17.2 Å². The van der Waals surface area contributed by atoms with Crippen molar-refractivity contribution in [1.82, 2.24) is 4.98 Å². The van der Waals surface area contributed by atoms with Crippen LogP contribution in [0.1, 0.15) is 6.42 Å². The zero-order valence-electron chi connectivity index (χ0n) is 8.19. The summed E-state index contributed by atoms with van der Waals surface area (Å²) < 4.78 is 12.9. The lowest BCUT2D eigenvalue weighted by Gasteiger charge is -2.15. The number of hydrogen-bond donors (Lipinski definition) is 1. The molecular weight excluding hydrogens is 197 g/mol. The molecule has 2 heterocycles. The van der Waals surface area contributed by atoms with Gasteiger partial charge in [0.15, 0.2) is 0 Å². The SMILES string of the molecule is NCC1CC(=O)N(c2cncc(F)c2)C1. The second-order valence-corrected chi connectivity index (χ2v) is 3.67. The van der Waals surface area contributed by atoms with E-state index in [0.717, 1.165) is 6.20 Å². The first-order valence-corrected chi connectivity index (χ1v) is 4.81. The third-order valence-electron chi connectivity index (χ3n) is 2.54. The van der Waals surface area contributed by atoms with E-state index in [1.807, 2.05) is 0 Å². The first-order valence-electron chi connectivity index (χ1n) is 4.81. The van der Waals surface area contributed by atoms with Gasteiger partial charge in [-0.15, -0.1) is 0 Å². The fraction of sp³-hybridized carbons (Fsp3) is 0.400. The number of anilines is 1. The molecule has 2 N–H and O–H groups in total. The molecule has 1 atom stereocenters. The molecule has 0 aromatic carbocycles. The molecule has 1 unspecified atom stereocenters. The molecule has 15 heavy (non-hydrogen) atoms. The van der Waals surface area contributed by atoms with Gasteiger partial charge in [0, 0.05) is 19.0 Å². The zero-order chi connectivity index (χ0) is 10.8.